The highest BCUT2D eigenvalue weighted by Crippen LogP contribution is 2.34. The number of rotatable bonds is 9. The summed E-state index contributed by atoms with van der Waals surface area (Å²) in [5, 5.41) is 53.4. The molecule has 2 atom stereocenters. The second-order valence-corrected chi connectivity index (χ2v) is 4.70. The minimum atomic E-state index is -4.26. The van der Waals surface area contributed by atoms with E-state index in [0.29, 0.717) is 0 Å². The molecule has 0 aromatic heterocycles. The number of hydrogen-bond donors (Lipinski definition) is 0. The molecule has 0 aliphatic carbocycles. The summed E-state index contributed by atoms with van der Waals surface area (Å²) >= 11 is 0. The largest absolute Gasteiger partial charge is 0.705 e. The molecule has 0 saturated carbocycles. The van der Waals surface area contributed by atoms with Crippen LogP contribution in [0.3, 0.4) is 0 Å². The van der Waals surface area contributed by atoms with E-state index in [9.17, 15) is 55.0 Å². The molecule has 1 aliphatic rings. The molecule has 25 heavy (non-hydrogen) atoms. The standard InChI is InChI=1S/C7H8FN5O12/c8-6(9(14)15,10(16)17)3-25-5-1-4(2-24-5)7(11(18)19,12(20)21)13(22)23/h4-5H,1-3H2/t4-,5-/m0/s1. The van der Waals surface area contributed by atoms with Gasteiger partial charge in [-0.3, -0.25) is 50.6 Å². The van der Waals surface area contributed by atoms with E-state index in [1.165, 1.54) is 0 Å². The fraction of sp³-hybridized carbons (Fsp3) is 1.00. The average Bonchev–Trinajstić information content (AvgIpc) is 2.92. The lowest BCUT2D eigenvalue weighted by Gasteiger charge is -2.14. The molecule has 1 aliphatic heterocycles. The Morgan fingerprint density at radius 2 is 1.36 bits per heavy atom. The van der Waals surface area contributed by atoms with Gasteiger partial charge in [0.1, 0.15) is 9.85 Å². The molecule has 140 valence electrons. The summed E-state index contributed by atoms with van der Waals surface area (Å²) in [6.45, 7) is -2.73. The van der Waals surface area contributed by atoms with Crippen LogP contribution in [0.5, 0.6) is 0 Å². The Bertz CT molecular complexity index is 575. The van der Waals surface area contributed by atoms with Crippen LogP contribution in [-0.4, -0.2) is 55.8 Å². The number of halogens is 1. The molecular formula is C7H8FN5O12. The molecule has 0 amide bonds. The monoisotopic (exact) mass is 373 g/mol. The van der Waals surface area contributed by atoms with Crippen LogP contribution in [0.4, 0.5) is 4.39 Å². The van der Waals surface area contributed by atoms with E-state index in [2.05, 4.69) is 9.47 Å². The van der Waals surface area contributed by atoms with Gasteiger partial charge < -0.3 is 9.47 Å². The van der Waals surface area contributed by atoms with Gasteiger partial charge in [-0.15, -0.1) is 0 Å². The zero-order chi connectivity index (χ0) is 19.6. The molecule has 0 aromatic rings. The smallest absolute Gasteiger partial charge is 0.351 e. The van der Waals surface area contributed by atoms with Crippen molar-refractivity contribution in [2.45, 2.75) is 24.4 Å². The first-order valence-electron chi connectivity index (χ1n) is 6.05. The van der Waals surface area contributed by atoms with E-state index >= 15 is 0 Å². The van der Waals surface area contributed by atoms with Crippen molar-refractivity contribution in [3.05, 3.63) is 50.6 Å². The van der Waals surface area contributed by atoms with E-state index < -0.39 is 68.2 Å². The quantitative estimate of drug-likeness (QED) is 0.205. The summed E-state index contributed by atoms with van der Waals surface area (Å²) in [7, 11) is 0. The van der Waals surface area contributed by atoms with E-state index in [1.807, 2.05) is 0 Å². The second kappa shape index (κ2) is 6.76. The number of nitro groups is 5. The number of nitrogens with zero attached hydrogens (tertiary/aromatic N) is 5. The van der Waals surface area contributed by atoms with Crippen LogP contribution in [-0.2, 0) is 9.47 Å². The molecule has 0 spiro atoms. The van der Waals surface area contributed by atoms with Gasteiger partial charge in [-0.25, -0.2) is 0 Å². The first-order chi connectivity index (χ1) is 11.4. The summed E-state index contributed by atoms with van der Waals surface area (Å²) in [6, 6.07) is 0. The summed E-state index contributed by atoms with van der Waals surface area (Å²) in [4.78, 5) is 44.3. The Labute approximate surface area is 134 Å². The molecular weight excluding hydrogens is 365 g/mol. The summed E-state index contributed by atoms with van der Waals surface area (Å²) in [5.74, 6) is -10.1. The molecule has 17 nitrogen and oxygen atoms in total. The highest BCUT2D eigenvalue weighted by molar-refractivity contribution is 4.76. The lowest BCUT2D eigenvalue weighted by atomic mass is 10.0. The SMILES string of the molecule is O=[N+]([O-])C(F)(CO[C@H]1C[C@H](C([N+](=O)[O-])([N+](=O)[O-])[N+](=O)[O-])CO1)[N+](=O)[O-]. The predicted octanol–water partition coefficient (Wildman–Crippen LogP) is -0.974. The Kier molecular flexibility index (Phi) is 5.38. The van der Waals surface area contributed by atoms with Gasteiger partial charge in [-0.05, 0) is 0 Å². The van der Waals surface area contributed by atoms with Gasteiger partial charge in [0.25, 0.3) is 0 Å². The molecule has 0 aromatic carbocycles. The van der Waals surface area contributed by atoms with Crippen LogP contribution < -0.4 is 0 Å². The molecule has 1 fully saturated rings. The van der Waals surface area contributed by atoms with Crippen molar-refractivity contribution in [3.8, 4) is 0 Å². The minimum Gasteiger partial charge on any atom is -0.351 e. The van der Waals surface area contributed by atoms with Crippen LogP contribution in [0, 0.1) is 56.5 Å². The Balaban J connectivity index is 2.92. The van der Waals surface area contributed by atoms with Gasteiger partial charge in [0.2, 0.25) is 12.5 Å². The van der Waals surface area contributed by atoms with Crippen molar-refractivity contribution in [3.63, 3.8) is 0 Å². The van der Waals surface area contributed by atoms with Gasteiger partial charge in [-0.1, -0.05) is 4.39 Å². The summed E-state index contributed by atoms with van der Waals surface area (Å²) in [6.07, 6.45) is -2.69. The molecule has 1 saturated heterocycles. The number of hydrogen-bond acceptors (Lipinski definition) is 12. The summed E-state index contributed by atoms with van der Waals surface area (Å²) in [5.41, 5.74) is 0. The zero-order valence-electron chi connectivity index (χ0n) is 11.8. The highest BCUT2D eigenvalue weighted by atomic mass is 19.2. The highest BCUT2D eigenvalue weighted by Gasteiger charge is 2.77. The van der Waals surface area contributed by atoms with Crippen LogP contribution in [0.25, 0.3) is 0 Å². The molecule has 0 N–H and O–H groups in total. The number of alkyl halides is 1. The minimum absolute atomic E-state index is 0.894. The fourth-order valence-electron chi connectivity index (χ4n) is 2.00. The third kappa shape index (κ3) is 3.24. The van der Waals surface area contributed by atoms with Crippen LogP contribution in [0.15, 0.2) is 0 Å². The molecule has 1 rings (SSSR count). The van der Waals surface area contributed by atoms with Crippen molar-refractivity contribution in [2.75, 3.05) is 13.2 Å². The van der Waals surface area contributed by atoms with Gasteiger partial charge in [0, 0.05) is 6.42 Å². The molecule has 0 radical (unpaired) electrons. The van der Waals surface area contributed by atoms with Crippen molar-refractivity contribution in [1.29, 1.82) is 0 Å². The Hall–Kier alpha value is -3.15. The van der Waals surface area contributed by atoms with Crippen molar-refractivity contribution in [1.82, 2.24) is 0 Å². The van der Waals surface area contributed by atoms with E-state index in [4.69, 9.17) is 0 Å². The van der Waals surface area contributed by atoms with Gasteiger partial charge >= 0.3 is 11.7 Å². The van der Waals surface area contributed by atoms with E-state index in [-0.39, 0.29) is 0 Å². The third-order valence-corrected chi connectivity index (χ3v) is 3.33. The molecule has 18 heteroatoms. The van der Waals surface area contributed by atoms with Crippen LogP contribution in [0.1, 0.15) is 6.42 Å². The van der Waals surface area contributed by atoms with Crippen molar-refractivity contribution >= 4 is 0 Å². The predicted molar refractivity (Wildman–Crippen MR) is 65.3 cm³/mol. The van der Waals surface area contributed by atoms with E-state index in [0.717, 1.165) is 0 Å². The van der Waals surface area contributed by atoms with Gasteiger partial charge in [0.05, 0.1) is 6.61 Å². The molecule has 1 heterocycles. The maximum Gasteiger partial charge on any atom is 0.705 e. The topological polar surface area (TPSA) is 234 Å². The lowest BCUT2D eigenvalue weighted by Crippen LogP contribution is -2.59. The van der Waals surface area contributed by atoms with E-state index in [1.54, 1.807) is 0 Å². The van der Waals surface area contributed by atoms with Crippen molar-refractivity contribution in [2.24, 2.45) is 5.92 Å². The Morgan fingerprint density at radius 3 is 1.72 bits per heavy atom. The second-order valence-electron chi connectivity index (χ2n) is 4.70. The Morgan fingerprint density at radius 1 is 0.920 bits per heavy atom. The lowest BCUT2D eigenvalue weighted by molar-refractivity contribution is -0.978. The average molecular weight is 373 g/mol. The normalized spacial score (nSPS) is 20.8. The summed E-state index contributed by atoms with van der Waals surface area (Å²) < 4.78 is 22.5. The fourth-order valence-corrected chi connectivity index (χ4v) is 2.00. The van der Waals surface area contributed by atoms with Gasteiger partial charge in [0.15, 0.2) is 21.1 Å². The molecule has 0 unspecified atom stereocenters. The van der Waals surface area contributed by atoms with Crippen molar-refractivity contribution < 1.29 is 38.5 Å². The maximum absolute atomic E-state index is 13.5. The first-order valence-corrected chi connectivity index (χ1v) is 6.05. The number of ether oxygens (including phenoxy) is 2. The van der Waals surface area contributed by atoms with Gasteiger partial charge in [-0.2, -0.15) is 0 Å². The van der Waals surface area contributed by atoms with Crippen LogP contribution in [0.2, 0.25) is 0 Å². The first kappa shape index (κ1) is 19.9. The molecule has 0 bridgehead atoms. The zero-order valence-corrected chi connectivity index (χ0v) is 11.8. The maximum atomic E-state index is 13.5. The third-order valence-electron chi connectivity index (χ3n) is 3.33. The van der Waals surface area contributed by atoms with Crippen LogP contribution >= 0.6 is 0 Å².